The summed E-state index contributed by atoms with van der Waals surface area (Å²) in [5, 5.41) is 2.62. The zero-order chi connectivity index (χ0) is 15.6. The van der Waals surface area contributed by atoms with Crippen molar-refractivity contribution >= 4 is 17.5 Å². The van der Waals surface area contributed by atoms with Crippen molar-refractivity contribution in [3.8, 4) is 0 Å². The van der Waals surface area contributed by atoms with Gasteiger partial charge in [-0.05, 0) is 19.4 Å². The van der Waals surface area contributed by atoms with Crippen molar-refractivity contribution in [1.82, 2.24) is 14.8 Å². The Morgan fingerprint density at radius 3 is 2.81 bits per heavy atom. The number of nitrogens with one attached hydrogen (secondary N) is 1. The molecule has 0 spiro atoms. The van der Waals surface area contributed by atoms with E-state index in [0.717, 1.165) is 0 Å². The molecule has 7 nitrogen and oxygen atoms in total. The van der Waals surface area contributed by atoms with Crippen molar-refractivity contribution in [3.05, 3.63) is 28.7 Å². The Hall–Kier alpha value is -2.31. The minimum Gasteiger partial charge on any atom is -0.398 e. The maximum atomic E-state index is 12.3. The molecular formula is C14H20N4O3. The highest BCUT2D eigenvalue weighted by Crippen LogP contribution is 2.30. The van der Waals surface area contributed by atoms with Gasteiger partial charge in [0.15, 0.2) is 0 Å². The fourth-order valence-corrected chi connectivity index (χ4v) is 2.58. The highest BCUT2D eigenvalue weighted by molar-refractivity contribution is 5.84. The van der Waals surface area contributed by atoms with Crippen LogP contribution in [0, 0.1) is 5.41 Å². The Labute approximate surface area is 122 Å². The lowest BCUT2D eigenvalue weighted by Gasteiger charge is -2.23. The first-order chi connectivity index (χ1) is 9.85. The minimum atomic E-state index is -0.564. The Morgan fingerprint density at radius 2 is 2.14 bits per heavy atom. The van der Waals surface area contributed by atoms with Crippen molar-refractivity contribution < 1.29 is 9.59 Å². The molecule has 0 bridgehead atoms. The van der Waals surface area contributed by atoms with E-state index in [4.69, 9.17) is 5.73 Å². The number of amides is 2. The van der Waals surface area contributed by atoms with Crippen molar-refractivity contribution in [3.63, 3.8) is 0 Å². The number of carbonyl (C=O) groups is 2. The largest absolute Gasteiger partial charge is 0.398 e. The summed E-state index contributed by atoms with van der Waals surface area (Å²) in [5.41, 5.74) is 5.21. The molecule has 1 aromatic heterocycles. The van der Waals surface area contributed by atoms with Gasteiger partial charge in [0.2, 0.25) is 11.8 Å². The summed E-state index contributed by atoms with van der Waals surface area (Å²) in [4.78, 5) is 37.4. The molecule has 3 N–H and O–H groups in total. The topological polar surface area (TPSA) is 97.4 Å². The zero-order valence-corrected chi connectivity index (χ0v) is 12.3. The summed E-state index contributed by atoms with van der Waals surface area (Å²) in [6.45, 7) is 2.65. The van der Waals surface area contributed by atoms with E-state index in [0.29, 0.717) is 25.2 Å². The quantitative estimate of drug-likeness (QED) is 0.778. The van der Waals surface area contributed by atoms with E-state index < -0.39 is 5.41 Å². The van der Waals surface area contributed by atoms with E-state index in [9.17, 15) is 14.4 Å². The van der Waals surface area contributed by atoms with E-state index in [-0.39, 0.29) is 23.9 Å². The van der Waals surface area contributed by atoms with Crippen LogP contribution in [0.4, 0.5) is 5.69 Å². The maximum absolute atomic E-state index is 12.3. The molecule has 1 aliphatic rings. The molecule has 0 aromatic carbocycles. The molecule has 0 saturated carbocycles. The molecule has 21 heavy (non-hydrogen) atoms. The van der Waals surface area contributed by atoms with Crippen LogP contribution in [0.1, 0.15) is 13.3 Å². The number of nitrogens with zero attached hydrogens (tertiary/aromatic N) is 2. The van der Waals surface area contributed by atoms with Crippen LogP contribution in [-0.4, -0.2) is 41.4 Å². The molecule has 2 amide bonds. The van der Waals surface area contributed by atoms with Crippen molar-refractivity contribution in [2.24, 2.45) is 5.41 Å². The summed E-state index contributed by atoms with van der Waals surface area (Å²) >= 11 is 0. The van der Waals surface area contributed by atoms with Crippen LogP contribution in [0.3, 0.4) is 0 Å². The van der Waals surface area contributed by atoms with Crippen LogP contribution < -0.4 is 16.6 Å². The van der Waals surface area contributed by atoms with E-state index in [2.05, 4.69) is 5.32 Å². The normalized spacial score (nSPS) is 21.3. The number of hydrogen-bond donors (Lipinski definition) is 2. The summed E-state index contributed by atoms with van der Waals surface area (Å²) < 4.78 is 1.28. The van der Waals surface area contributed by atoms with Gasteiger partial charge in [-0.3, -0.25) is 14.4 Å². The third kappa shape index (κ3) is 3.07. The fourth-order valence-electron chi connectivity index (χ4n) is 2.58. The highest BCUT2D eigenvalue weighted by Gasteiger charge is 2.41. The molecule has 1 saturated heterocycles. The van der Waals surface area contributed by atoms with Gasteiger partial charge >= 0.3 is 0 Å². The first-order valence-electron chi connectivity index (χ1n) is 6.82. The smallest absolute Gasteiger partial charge is 0.251 e. The number of aromatic nitrogens is 1. The summed E-state index contributed by atoms with van der Waals surface area (Å²) in [5.74, 6) is -0.255. The predicted molar refractivity (Wildman–Crippen MR) is 78.5 cm³/mol. The number of pyridine rings is 1. The van der Waals surface area contributed by atoms with Gasteiger partial charge < -0.3 is 20.5 Å². The molecule has 1 unspecified atom stereocenters. The molecule has 1 atom stereocenters. The first-order valence-corrected chi connectivity index (χ1v) is 6.82. The van der Waals surface area contributed by atoms with Crippen LogP contribution in [0.25, 0.3) is 0 Å². The fraction of sp³-hybridized carbons (Fsp3) is 0.500. The third-order valence-electron chi connectivity index (χ3n) is 3.91. The van der Waals surface area contributed by atoms with Crippen LogP contribution in [0.15, 0.2) is 23.1 Å². The second-order valence-corrected chi connectivity index (χ2v) is 5.63. The number of nitrogens with two attached hydrogens (primary N) is 1. The molecule has 1 aromatic rings. The molecule has 114 valence electrons. The monoisotopic (exact) mass is 292 g/mol. The van der Waals surface area contributed by atoms with Gasteiger partial charge in [-0.2, -0.15) is 0 Å². The maximum Gasteiger partial charge on any atom is 0.251 e. The first kappa shape index (κ1) is 15.1. The van der Waals surface area contributed by atoms with Gasteiger partial charge in [0.1, 0.15) is 6.54 Å². The van der Waals surface area contributed by atoms with Gasteiger partial charge in [-0.15, -0.1) is 0 Å². The average Bonchev–Trinajstić information content (AvgIpc) is 2.86. The standard InChI is InChI=1S/C14H20N4O3/c1-14(13(21)16-2)5-6-17(9-14)12(20)8-18-7-10(15)3-4-11(18)19/h3-4,7H,5-6,8-9,15H2,1-2H3,(H,16,21). The SMILES string of the molecule is CNC(=O)C1(C)CCN(C(=O)Cn2cc(N)ccc2=O)C1. The van der Waals surface area contributed by atoms with Crippen LogP contribution >= 0.6 is 0 Å². The molecule has 0 radical (unpaired) electrons. The number of nitrogen functional groups attached to an aromatic ring is 1. The molecule has 0 aliphatic carbocycles. The number of anilines is 1. The van der Waals surface area contributed by atoms with Crippen molar-refractivity contribution in [1.29, 1.82) is 0 Å². The van der Waals surface area contributed by atoms with Gasteiger partial charge in [0.25, 0.3) is 5.56 Å². The summed E-state index contributed by atoms with van der Waals surface area (Å²) in [7, 11) is 1.59. The Morgan fingerprint density at radius 1 is 1.43 bits per heavy atom. The molecule has 7 heteroatoms. The van der Waals surface area contributed by atoms with Gasteiger partial charge in [0.05, 0.1) is 5.41 Å². The number of hydrogen-bond acceptors (Lipinski definition) is 4. The minimum absolute atomic E-state index is 0.0618. The van der Waals surface area contributed by atoms with Gasteiger partial charge in [0, 0.05) is 38.1 Å². The van der Waals surface area contributed by atoms with Crippen molar-refractivity contribution in [2.45, 2.75) is 19.9 Å². The van der Waals surface area contributed by atoms with Crippen molar-refractivity contribution in [2.75, 3.05) is 25.9 Å². The van der Waals surface area contributed by atoms with E-state index >= 15 is 0 Å². The third-order valence-corrected chi connectivity index (χ3v) is 3.91. The second kappa shape index (κ2) is 5.59. The van der Waals surface area contributed by atoms with E-state index in [1.165, 1.54) is 22.9 Å². The number of likely N-dealkylation sites (tertiary alicyclic amines) is 1. The lowest BCUT2D eigenvalue weighted by molar-refractivity contribution is -0.133. The lowest BCUT2D eigenvalue weighted by atomic mass is 9.89. The summed E-state index contributed by atoms with van der Waals surface area (Å²) in [6.07, 6.45) is 2.07. The second-order valence-electron chi connectivity index (χ2n) is 5.63. The van der Waals surface area contributed by atoms with Crippen LogP contribution in [0.5, 0.6) is 0 Å². The van der Waals surface area contributed by atoms with E-state index in [1.54, 1.807) is 11.9 Å². The molecule has 1 aliphatic heterocycles. The molecule has 2 heterocycles. The van der Waals surface area contributed by atoms with E-state index in [1.807, 2.05) is 6.92 Å². The van der Waals surface area contributed by atoms with Crippen LogP contribution in [-0.2, 0) is 16.1 Å². The highest BCUT2D eigenvalue weighted by atomic mass is 16.2. The van der Waals surface area contributed by atoms with Crippen LogP contribution in [0.2, 0.25) is 0 Å². The summed E-state index contributed by atoms with van der Waals surface area (Å²) in [6, 6.07) is 2.84. The number of carbonyl (C=O) groups excluding carboxylic acids is 2. The zero-order valence-electron chi connectivity index (χ0n) is 12.3. The predicted octanol–water partition coefficient (Wildman–Crippen LogP) is -0.585. The Balaban J connectivity index is 2.07. The number of rotatable bonds is 3. The average molecular weight is 292 g/mol. The Kier molecular flexibility index (Phi) is 4.02. The van der Waals surface area contributed by atoms with Gasteiger partial charge in [-0.1, -0.05) is 0 Å². The molecule has 1 fully saturated rings. The van der Waals surface area contributed by atoms with Gasteiger partial charge in [-0.25, -0.2) is 0 Å². The Bertz CT molecular complexity index is 625. The lowest BCUT2D eigenvalue weighted by Crippen LogP contribution is -2.41. The molecule has 2 rings (SSSR count). The molecular weight excluding hydrogens is 272 g/mol.